The number of esters is 1. The van der Waals surface area contributed by atoms with Gasteiger partial charge in [0.15, 0.2) is 0 Å². The molecule has 0 saturated heterocycles. The van der Waals surface area contributed by atoms with E-state index in [1.165, 1.54) is 5.56 Å². The zero-order valence-corrected chi connectivity index (χ0v) is 16.8. The van der Waals surface area contributed by atoms with Gasteiger partial charge in [0.1, 0.15) is 12.6 Å². The van der Waals surface area contributed by atoms with Gasteiger partial charge in [-0.1, -0.05) is 78.9 Å². The molecule has 0 heterocycles. The van der Waals surface area contributed by atoms with Gasteiger partial charge < -0.3 is 10.1 Å². The fraction of sp³-hybridized carbons (Fsp3) is 0.167. The molecule has 4 nitrogen and oxygen atoms in total. The Morgan fingerprint density at radius 1 is 0.793 bits per heavy atom. The molecule has 148 valence electrons. The number of hydrogen-bond donors (Lipinski definition) is 1. The Morgan fingerprint density at radius 3 is 1.97 bits per heavy atom. The van der Waals surface area contributed by atoms with E-state index in [-0.39, 0.29) is 12.5 Å². The molecule has 1 atom stereocenters. The van der Waals surface area contributed by atoms with Gasteiger partial charge in [-0.2, -0.15) is 11.8 Å². The quantitative estimate of drug-likeness (QED) is 0.534. The van der Waals surface area contributed by atoms with E-state index in [4.69, 9.17) is 4.74 Å². The van der Waals surface area contributed by atoms with Crippen molar-refractivity contribution >= 4 is 23.6 Å². The minimum atomic E-state index is -0.722. The maximum atomic E-state index is 12.7. The zero-order chi connectivity index (χ0) is 20.3. The minimum Gasteiger partial charge on any atom is -0.459 e. The van der Waals surface area contributed by atoms with Crippen LogP contribution in [0.1, 0.15) is 21.5 Å². The van der Waals surface area contributed by atoms with Crippen LogP contribution in [0.3, 0.4) is 0 Å². The summed E-state index contributed by atoms with van der Waals surface area (Å²) in [5.41, 5.74) is 2.59. The summed E-state index contributed by atoms with van der Waals surface area (Å²) >= 11 is 1.59. The van der Waals surface area contributed by atoms with Crippen molar-refractivity contribution in [3.8, 4) is 0 Å². The third kappa shape index (κ3) is 6.80. The molecule has 3 aromatic carbocycles. The number of rotatable bonds is 9. The van der Waals surface area contributed by atoms with E-state index < -0.39 is 12.0 Å². The van der Waals surface area contributed by atoms with Crippen molar-refractivity contribution in [3.05, 3.63) is 108 Å². The van der Waals surface area contributed by atoms with Crippen molar-refractivity contribution in [2.45, 2.75) is 18.4 Å². The van der Waals surface area contributed by atoms with Gasteiger partial charge in [0.25, 0.3) is 5.91 Å². The number of nitrogens with one attached hydrogen (secondary N) is 1. The largest absolute Gasteiger partial charge is 0.459 e. The van der Waals surface area contributed by atoms with Crippen LogP contribution in [0.2, 0.25) is 0 Å². The lowest BCUT2D eigenvalue weighted by Crippen LogP contribution is -2.43. The Hall–Kier alpha value is -3.05. The zero-order valence-electron chi connectivity index (χ0n) is 16.0. The van der Waals surface area contributed by atoms with E-state index in [9.17, 15) is 9.59 Å². The molecule has 0 saturated carbocycles. The Balaban J connectivity index is 1.61. The molecule has 1 amide bonds. The highest BCUT2D eigenvalue weighted by molar-refractivity contribution is 7.98. The smallest absolute Gasteiger partial charge is 0.329 e. The van der Waals surface area contributed by atoms with Crippen molar-refractivity contribution in [2.24, 2.45) is 0 Å². The average molecular weight is 406 g/mol. The molecule has 3 rings (SSSR count). The van der Waals surface area contributed by atoms with E-state index in [1.807, 2.05) is 66.7 Å². The Morgan fingerprint density at radius 2 is 1.34 bits per heavy atom. The molecule has 29 heavy (non-hydrogen) atoms. The van der Waals surface area contributed by atoms with Gasteiger partial charge >= 0.3 is 5.97 Å². The molecule has 1 unspecified atom stereocenters. The van der Waals surface area contributed by atoms with Crippen molar-refractivity contribution in [1.29, 1.82) is 0 Å². The van der Waals surface area contributed by atoms with Gasteiger partial charge in [-0.15, -0.1) is 0 Å². The number of hydrogen-bond acceptors (Lipinski definition) is 4. The van der Waals surface area contributed by atoms with Gasteiger partial charge in [-0.25, -0.2) is 4.79 Å². The Kier molecular flexibility index (Phi) is 7.90. The SMILES string of the molecule is O=C(NC(CSCc1ccccc1)C(=O)OCc1ccccc1)c1ccccc1. The van der Waals surface area contributed by atoms with Gasteiger partial charge in [0, 0.05) is 17.1 Å². The number of carbonyl (C=O) groups is 2. The highest BCUT2D eigenvalue weighted by atomic mass is 32.2. The van der Waals surface area contributed by atoms with Crippen molar-refractivity contribution in [1.82, 2.24) is 5.32 Å². The number of thioether (sulfide) groups is 1. The summed E-state index contributed by atoms with van der Waals surface area (Å²) in [6.07, 6.45) is 0. The molecule has 3 aromatic rings. The lowest BCUT2D eigenvalue weighted by Gasteiger charge is -2.18. The van der Waals surface area contributed by atoms with E-state index in [0.717, 1.165) is 11.3 Å². The van der Waals surface area contributed by atoms with Crippen molar-refractivity contribution in [2.75, 3.05) is 5.75 Å². The number of carbonyl (C=O) groups excluding carboxylic acids is 2. The molecular weight excluding hydrogens is 382 g/mol. The molecule has 0 aliphatic heterocycles. The third-order valence-corrected chi connectivity index (χ3v) is 5.35. The van der Waals surface area contributed by atoms with Crippen LogP contribution in [0.5, 0.6) is 0 Å². The minimum absolute atomic E-state index is 0.181. The van der Waals surface area contributed by atoms with Gasteiger partial charge in [-0.05, 0) is 23.3 Å². The molecule has 0 spiro atoms. The summed E-state index contributed by atoms with van der Waals surface area (Å²) in [5.74, 6) is 0.470. The summed E-state index contributed by atoms with van der Waals surface area (Å²) in [7, 11) is 0. The van der Waals surface area contributed by atoms with E-state index >= 15 is 0 Å². The first-order valence-electron chi connectivity index (χ1n) is 9.40. The van der Waals surface area contributed by atoms with Crippen LogP contribution < -0.4 is 5.32 Å². The maximum Gasteiger partial charge on any atom is 0.329 e. The first kappa shape index (κ1) is 20.7. The third-order valence-electron chi connectivity index (χ3n) is 4.25. The Bertz CT molecular complexity index is 901. The second-order valence-corrected chi connectivity index (χ2v) is 7.52. The molecule has 1 N–H and O–H groups in total. The van der Waals surface area contributed by atoms with Gasteiger partial charge in [0.2, 0.25) is 0 Å². The van der Waals surface area contributed by atoms with Crippen molar-refractivity contribution < 1.29 is 14.3 Å². The molecule has 0 aliphatic carbocycles. The van der Waals surface area contributed by atoms with E-state index in [2.05, 4.69) is 5.32 Å². The second-order valence-electron chi connectivity index (χ2n) is 6.49. The summed E-state index contributed by atoms with van der Waals surface area (Å²) in [6, 6.07) is 27.7. The molecular formula is C24H23NO3S. The molecule has 0 aromatic heterocycles. The molecule has 0 aliphatic rings. The van der Waals surface area contributed by atoms with Crippen LogP contribution in [0.25, 0.3) is 0 Å². The number of benzene rings is 3. The van der Waals surface area contributed by atoms with Crippen LogP contribution in [-0.4, -0.2) is 23.7 Å². The summed E-state index contributed by atoms with van der Waals surface area (Å²) in [6.45, 7) is 0.181. The average Bonchev–Trinajstić information content (AvgIpc) is 2.78. The normalized spacial score (nSPS) is 11.4. The van der Waals surface area contributed by atoms with Crippen LogP contribution in [0.15, 0.2) is 91.0 Å². The topological polar surface area (TPSA) is 55.4 Å². The highest BCUT2D eigenvalue weighted by Gasteiger charge is 2.23. The summed E-state index contributed by atoms with van der Waals surface area (Å²) < 4.78 is 5.46. The van der Waals surface area contributed by atoms with Crippen LogP contribution in [-0.2, 0) is 21.9 Å². The van der Waals surface area contributed by atoms with Crippen LogP contribution in [0.4, 0.5) is 0 Å². The summed E-state index contributed by atoms with van der Waals surface area (Å²) in [5, 5.41) is 2.82. The summed E-state index contributed by atoms with van der Waals surface area (Å²) in [4.78, 5) is 25.2. The predicted molar refractivity (Wildman–Crippen MR) is 117 cm³/mol. The van der Waals surface area contributed by atoms with E-state index in [1.54, 1.807) is 36.0 Å². The maximum absolute atomic E-state index is 12.7. The fourth-order valence-electron chi connectivity index (χ4n) is 2.70. The second kappa shape index (κ2) is 11.1. The fourth-order valence-corrected chi connectivity index (χ4v) is 3.70. The molecule has 5 heteroatoms. The van der Waals surface area contributed by atoms with Crippen LogP contribution >= 0.6 is 11.8 Å². The predicted octanol–water partition coefficient (Wildman–Crippen LogP) is 4.46. The lowest BCUT2D eigenvalue weighted by atomic mass is 10.2. The first-order valence-corrected chi connectivity index (χ1v) is 10.6. The van der Waals surface area contributed by atoms with Gasteiger partial charge in [0.05, 0.1) is 0 Å². The Labute approximate surface area is 175 Å². The van der Waals surface area contributed by atoms with Gasteiger partial charge in [-0.3, -0.25) is 4.79 Å². The number of amides is 1. The molecule has 0 fully saturated rings. The standard InChI is InChI=1S/C24H23NO3S/c26-23(21-14-8-3-9-15-21)25-22(18-29-17-20-12-6-2-7-13-20)24(27)28-16-19-10-4-1-5-11-19/h1-15,22H,16-18H2,(H,25,26). The number of ether oxygens (including phenoxy) is 1. The molecule has 0 bridgehead atoms. The van der Waals surface area contributed by atoms with Crippen molar-refractivity contribution in [3.63, 3.8) is 0 Å². The first-order chi connectivity index (χ1) is 14.2. The highest BCUT2D eigenvalue weighted by Crippen LogP contribution is 2.14. The van der Waals surface area contributed by atoms with Crippen LogP contribution in [0, 0.1) is 0 Å². The lowest BCUT2D eigenvalue weighted by molar-refractivity contribution is -0.146. The molecule has 0 radical (unpaired) electrons. The van der Waals surface area contributed by atoms with E-state index in [0.29, 0.717) is 11.3 Å². The monoisotopic (exact) mass is 405 g/mol.